The van der Waals surface area contributed by atoms with Gasteiger partial charge in [0.25, 0.3) is 0 Å². The minimum absolute atomic E-state index is 0.331. The Labute approximate surface area is 131 Å². The number of carbonyl (C=O) groups excluding carboxylic acids is 1. The van der Waals surface area contributed by atoms with Gasteiger partial charge >= 0.3 is 6.03 Å². The monoisotopic (exact) mass is 303 g/mol. The van der Waals surface area contributed by atoms with E-state index in [1.54, 1.807) is 6.20 Å². The van der Waals surface area contributed by atoms with Gasteiger partial charge in [0.15, 0.2) is 0 Å². The number of hydrogen-bond acceptors (Lipinski definition) is 2. The van der Waals surface area contributed by atoms with Crippen LogP contribution in [0.1, 0.15) is 36.9 Å². The number of aryl methyl sites for hydroxylation is 2. The lowest BCUT2D eigenvalue weighted by Crippen LogP contribution is -2.42. The van der Waals surface area contributed by atoms with E-state index in [0.29, 0.717) is 12.5 Å². The van der Waals surface area contributed by atoms with Crippen LogP contribution in [0, 0.1) is 6.92 Å². The first-order valence-corrected chi connectivity index (χ1v) is 7.94. The van der Waals surface area contributed by atoms with E-state index in [9.17, 15) is 4.79 Å². The lowest BCUT2D eigenvalue weighted by atomic mass is 10.1. The Balaban J connectivity index is 1.70. The van der Waals surface area contributed by atoms with Crippen molar-refractivity contribution in [3.05, 3.63) is 29.6 Å². The van der Waals surface area contributed by atoms with Crippen LogP contribution < -0.4 is 11.1 Å². The number of nitrogens with zero attached hydrogens (tertiary/aromatic N) is 3. The minimum atomic E-state index is -0.360. The van der Waals surface area contributed by atoms with Gasteiger partial charge in [0, 0.05) is 31.5 Å². The van der Waals surface area contributed by atoms with Crippen molar-refractivity contribution in [1.29, 1.82) is 0 Å². The third-order valence-electron chi connectivity index (χ3n) is 3.88. The summed E-state index contributed by atoms with van der Waals surface area (Å²) in [7, 11) is 0. The van der Waals surface area contributed by atoms with Crippen molar-refractivity contribution in [2.24, 2.45) is 10.7 Å². The van der Waals surface area contributed by atoms with Crippen LogP contribution in [0.5, 0.6) is 0 Å². The Kier molecular flexibility index (Phi) is 6.18. The highest BCUT2D eigenvalue weighted by Crippen LogP contribution is 2.08. The molecule has 2 rings (SSSR count). The van der Waals surface area contributed by atoms with Crippen molar-refractivity contribution in [2.75, 3.05) is 19.6 Å². The fourth-order valence-corrected chi connectivity index (χ4v) is 2.57. The zero-order valence-corrected chi connectivity index (χ0v) is 13.2. The highest BCUT2D eigenvalue weighted by molar-refractivity contribution is 5.91. The maximum Gasteiger partial charge on any atom is 0.344 e. The van der Waals surface area contributed by atoms with E-state index in [1.165, 1.54) is 12.0 Å². The number of nitrogens with two attached hydrogens (primary N) is 1. The molecule has 22 heavy (non-hydrogen) atoms. The van der Waals surface area contributed by atoms with Crippen LogP contribution in [-0.2, 0) is 6.42 Å². The number of guanidine groups is 1. The summed E-state index contributed by atoms with van der Waals surface area (Å²) < 4.78 is 0. The number of aliphatic imine (C=N–C) groups is 1. The second-order valence-corrected chi connectivity index (χ2v) is 5.62. The molecule has 0 atom stereocenters. The fraction of sp³-hybridized carbons (Fsp3) is 0.562. The molecule has 0 saturated carbocycles. The van der Waals surface area contributed by atoms with E-state index >= 15 is 0 Å². The van der Waals surface area contributed by atoms with Gasteiger partial charge in [-0.15, -0.1) is 0 Å². The van der Waals surface area contributed by atoms with Crippen molar-refractivity contribution in [1.82, 2.24) is 15.2 Å². The first-order chi connectivity index (χ1) is 10.7. The molecule has 1 aromatic rings. The number of hydrogen-bond donors (Lipinski definition) is 2. The van der Waals surface area contributed by atoms with E-state index in [2.05, 4.69) is 15.3 Å². The zero-order chi connectivity index (χ0) is 15.8. The molecule has 1 aliphatic rings. The van der Waals surface area contributed by atoms with Crippen molar-refractivity contribution in [3.8, 4) is 0 Å². The molecular formula is C16H25N5O. The lowest BCUT2D eigenvalue weighted by Gasteiger charge is -2.27. The topological polar surface area (TPSA) is 83.6 Å². The smallest absolute Gasteiger partial charge is 0.344 e. The van der Waals surface area contributed by atoms with Crippen LogP contribution in [0.4, 0.5) is 4.79 Å². The van der Waals surface area contributed by atoms with Crippen LogP contribution >= 0.6 is 0 Å². The van der Waals surface area contributed by atoms with E-state index in [1.807, 2.05) is 24.0 Å². The van der Waals surface area contributed by atoms with Gasteiger partial charge < -0.3 is 16.0 Å². The molecule has 6 heteroatoms. The van der Waals surface area contributed by atoms with Gasteiger partial charge in [0.05, 0.1) is 0 Å². The molecule has 3 N–H and O–H groups in total. The number of amides is 2. The van der Waals surface area contributed by atoms with Gasteiger partial charge in [-0.1, -0.05) is 6.07 Å². The SMILES string of the molecule is Cc1cccnc1CCCNC(=O)N=C(N)N1CCCCC1. The molecule has 1 aliphatic heterocycles. The highest BCUT2D eigenvalue weighted by Gasteiger charge is 2.13. The summed E-state index contributed by atoms with van der Waals surface area (Å²) in [6.07, 6.45) is 6.93. The predicted octanol–water partition coefficient (Wildman–Crippen LogP) is 1.83. The number of pyridine rings is 1. The fourth-order valence-electron chi connectivity index (χ4n) is 2.57. The molecule has 1 saturated heterocycles. The predicted molar refractivity (Wildman–Crippen MR) is 87.7 cm³/mol. The molecule has 120 valence electrons. The van der Waals surface area contributed by atoms with E-state index in [-0.39, 0.29) is 6.03 Å². The van der Waals surface area contributed by atoms with Crippen LogP contribution in [0.3, 0.4) is 0 Å². The van der Waals surface area contributed by atoms with Crippen molar-refractivity contribution in [2.45, 2.75) is 39.0 Å². The van der Waals surface area contributed by atoms with Gasteiger partial charge in [-0.2, -0.15) is 4.99 Å². The second kappa shape index (κ2) is 8.36. The zero-order valence-electron chi connectivity index (χ0n) is 13.2. The van der Waals surface area contributed by atoms with Crippen molar-refractivity contribution < 1.29 is 4.79 Å². The summed E-state index contributed by atoms with van der Waals surface area (Å²) in [5.74, 6) is 0.331. The van der Waals surface area contributed by atoms with Crippen LogP contribution in [-0.4, -0.2) is 41.5 Å². The van der Waals surface area contributed by atoms with E-state index in [4.69, 9.17) is 5.73 Å². The maximum absolute atomic E-state index is 11.8. The van der Waals surface area contributed by atoms with E-state index < -0.39 is 0 Å². The van der Waals surface area contributed by atoms with E-state index in [0.717, 1.165) is 44.5 Å². The molecule has 0 spiro atoms. The number of piperidine rings is 1. The quantitative estimate of drug-likeness (QED) is 0.505. The highest BCUT2D eigenvalue weighted by atomic mass is 16.2. The number of carbonyl (C=O) groups is 1. The van der Waals surface area contributed by atoms with Crippen molar-refractivity contribution >= 4 is 12.0 Å². The summed E-state index contributed by atoms with van der Waals surface area (Å²) in [4.78, 5) is 22.0. The summed E-state index contributed by atoms with van der Waals surface area (Å²) >= 11 is 0. The average Bonchev–Trinajstić information content (AvgIpc) is 2.54. The molecule has 0 unspecified atom stereocenters. The standard InChI is InChI=1S/C16H25N5O/c1-13-7-5-9-18-14(13)8-6-10-19-16(22)20-15(17)21-11-3-2-4-12-21/h5,7,9H,2-4,6,8,10-12H2,1H3,(H3,17,19,20,22). The molecule has 0 aliphatic carbocycles. The Morgan fingerprint density at radius 1 is 1.41 bits per heavy atom. The molecule has 2 heterocycles. The lowest BCUT2D eigenvalue weighted by molar-refractivity contribution is 0.248. The van der Waals surface area contributed by atoms with Crippen LogP contribution in [0.2, 0.25) is 0 Å². The number of aromatic nitrogens is 1. The Bertz CT molecular complexity index is 523. The van der Waals surface area contributed by atoms with Gasteiger partial charge in [-0.25, -0.2) is 4.79 Å². The summed E-state index contributed by atoms with van der Waals surface area (Å²) in [5, 5.41) is 2.78. The summed E-state index contributed by atoms with van der Waals surface area (Å²) in [5.41, 5.74) is 8.13. The first kappa shape index (κ1) is 16.3. The van der Waals surface area contributed by atoms with Gasteiger partial charge in [0.1, 0.15) is 0 Å². The first-order valence-electron chi connectivity index (χ1n) is 7.94. The molecule has 0 radical (unpaired) electrons. The van der Waals surface area contributed by atoms with Gasteiger partial charge in [-0.05, 0) is 50.7 Å². The normalized spacial score (nSPS) is 15.7. The molecule has 6 nitrogen and oxygen atoms in total. The molecule has 1 aromatic heterocycles. The number of likely N-dealkylation sites (tertiary alicyclic amines) is 1. The molecule has 0 bridgehead atoms. The second-order valence-electron chi connectivity index (χ2n) is 5.62. The molecule has 2 amide bonds. The Morgan fingerprint density at radius 2 is 2.18 bits per heavy atom. The third-order valence-corrected chi connectivity index (χ3v) is 3.88. The van der Waals surface area contributed by atoms with Crippen LogP contribution in [0.25, 0.3) is 0 Å². The number of nitrogens with one attached hydrogen (secondary N) is 1. The third kappa shape index (κ3) is 5.02. The maximum atomic E-state index is 11.8. The molecular weight excluding hydrogens is 278 g/mol. The molecule has 0 aromatic carbocycles. The summed E-state index contributed by atoms with van der Waals surface area (Å²) in [6, 6.07) is 3.62. The van der Waals surface area contributed by atoms with Gasteiger partial charge in [-0.3, -0.25) is 4.98 Å². The summed E-state index contributed by atoms with van der Waals surface area (Å²) in [6.45, 7) is 4.40. The largest absolute Gasteiger partial charge is 0.369 e. The average molecular weight is 303 g/mol. The Hall–Kier alpha value is -2.11. The van der Waals surface area contributed by atoms with Gasteiger partial charge in [0.2, 0.25) is 5.96 Å². The van der Waals surface area contributed by atoms with Crippen molar-refractivity contribution in [3.63, 3.8) is 0 Å². The number of rotatable bonds is 4. The molecule has 1 fully saturated rings. The minimum Gasteiger partial charge on any atom is -0.369 e. The number of urea groups is 1. The Morgan fingerprint density at radius 3 is 2.91 bits per heavy atom. The van der Waals surface area contributed by atoms with Crippen LogP contribution in [0.15, 0.2) is 23.3 Å².